The Morgan fingerprint density at radius 3 is 2.69 bits per heavy atom. The zero-order valence-corrected chi connectivity index (χ0v) is 7.32. The van der Waals surface area contributed by atoms with E-state index in [9.17, 15) is 9.59 Å². The zero-order chi connectivity index (χ0) is 9.84. The Bertz CT molecular complexity index is 217. The third-order valence-corrected chi connectivity index (χ3v) is 2.51. The van der Waals surface area contributed by atoms with Crippen molar-refractivity contribution in [3.8, 4) is 0 Å². The van der Waals surface area contributed by atoms with E-state index >= 15 is 0 Å². The Morgan fingerprint density at radius 2 is 2.15 bits per heavy atom. The van der Waals surface area contributed by atoms with Gasteiger partial charge in [-0.2, -0.15) is 0 Å². The van der Waals surface area contributed by atoms with Gasteiger partial charge in [-0.05, 0) is 18.8 Å². The number of carbonyl (C=O) groups excluding carboxylic acids is 1. The highest BCUT2D eigenvalue weighted by Crippen LogP contribution is 2.31. The summed E-state index contributed by atoms with van der Waals surface area (Å²) in [5.41, 5.74) is 4.89. The number of nitrogens with two attached hydrogens (primary N) is 1. The van der Waals surface area contributed by atoms with Gasteiger partial charge in [-0.25, -0.2) is 4.79 Å². The van der Waals surface area contributed by atoms with E-state index in [0.29, 0.717) is 13.0 Å². The monoisotopic (exact) mass is 186 g/mol. The van der Waals surface area contributed by atoms with E-state index in [1.807, 2.05) is 0 Å². The van der Waals surface area contributed by atoms with Crippen molar-refractivity contribution in [1.82, 2.24) is 5.32 Å². The van der Waals surface area contributed by atoms with E-state index in [2.05, 4.69) is 5.32 Å². The molecule has 1 rings (SSSR count). The van der Waals surface area contributed by atoms with Gasteiger partial charge in [-0.1, -0.05) is 6.42 Å². The summed E-state index contributed by atoms with van der Waals surface area (Å²) in [6.07, 6.45) is 2.49. The van der Waals surface area contributed by atoms with Crippen LogP contribution in [0.3, 0.4) is 0 Å². The van der Waals surface area contributed by atoms with Crippen LogP contribution >= 0.6 is 0 Å². The summed E-state index contributed by atoms with van der Waals surface area (Å²) in [7, 11) is 0. The Kier molecular flexibility index (Phi) is 3.11. The summed E-state index contributed by atoms with van der Waals surface area (Å²) in [5, 5.41) is 11.3. The summed E-state index contributed by atoms with van der Waals surface area (Å²) in [4.78, 5) is 21.1. The SMILES string of the molecule is NC(=O)NC[C@@H]1CCC[C@@H]1C(=O)O. The predicted octanol–water partition coefficient (Wildman–Crippen LogP) is 0.156. The molecule has 1 aliphatic carbocycles. The smallest absolute Gasteiger partial charge is 0.312 e. The van der Waals surface area contributed by atoms with Gasteiger partial charge in [-0.3, -0.25) is 4.79 Å². The number of hydrogen-bond donors (Lipinski definition) is 3. The molecule has 0 bridgehead atoms. The average Bonchev–Trinajstić information content (AvgIpc) is 2.47. The van der Waals surface area contributed by atoms with Gasteiger partial charge >= 0.3 is 12.0 Å². The van der Waals surface area contributed by atoms with Crippen molar-refractivity contribution in [2.24, 2.45) is 17.6 Å². The topological polar surface area (TPSA) is 92.4 Å². The molecular formula is C8H14N2O3. The predicted molar refractivity (Wildman–Crippen MR) is 46.1 cm³/mol. The van der Waals surface area contributed by atoms with Crippen LogP contribution in [-0.2, 0) is 4.79 Å². The van der Waals surface area contributed by atoms with E-state index in [4.69, 9.17) is 10.8 Å². The lowest BCUT2D eigenvalue weighted by Crippen LogP contribution is -2.36. The van der Waals surface area contributed by atoms with Gasteiger partial charge in [-0.15, -0.1) is 0 Å². The van der Waals surface area contributed by atoms with Gasteiger partial charge < -0.3 is 16.2 Å². The molecule has 0 aliphatic heterocycles. The number of rotatable bonds is 3. The van der Waals surface area contributed by atoms with Gasteiger partial charge in [0.05, 0.1) is 5.92 Å². The third-order valence-electron chi connectivity index (χ3n) is 2.51. The molecule has 2 atom stereocenters. The van der Waals surface area contributed by atoms with E-state index in [1.54, 1.807) is 0 Å². The molecule has 0 aromatic heterocycles. The third kappa shape index (κ3) is 2.61. The molecule has 0 aromatic rings. The van der Waals surface area contributed by atoms with Crippen molar-refractivity contribution >= 4 is 12.0 Å². The second-order valence-corrected chi connectivity index (χ2v) is 3.38. The number of carboxylic acids is 1. The minimum atomic E-state index is -0.770. The minimum Gasteiger partial charge on any atom is -0.481 e. The highest BCUT2D eigenvalue weighted by molar-refractivity contribution is 5.72. The first-order chi connectivity index (χ1) is 6.11. The minimum absolute atomic E-state index is 0.0463. The Labute approximate surface area is 76.3 Å². The van der Waals surface area contributed by atoms with Crippen molar-refractivity contribution in [3.05, 3.63) is 0 Å². The van der Waals surface area contributed by atoms with Crippen LogP contribution in [0.4, 0.5) is 4.79 Å². The molecule has 5 heteroatoms. The molecule has 13 heavy (non-hydrogen) atoms. The highest BCUT2D eigenvalue weighted by atomic mass is 16.4. The van der Waals surface area contributed by atoms with E-state index < -0.39 is 12.0 Å². The summed E-state index contributed by atoms with van der Waals surface area (Å²) in [6.45, 7) is 0.381. The standard InChI is InChI=1S/C8H14N2O3/c9-8(13)10-4-5-2-1-3-6(5)7(11)12/h5-6H,1-4H2,(H,11,12)(H3,9,10,13)/t5-,6-/m0/s1. The lowest BCUT2D eigenvalue weighted by atomic mass is 9.96. The second kappa shape index (κ2) is 4.11. The highest BCUT2D eigenvalue weighted by Gasteiger charge is 2.32. The normalized spacial score (nSPS) is 27.1. The fourth-order valence-electron chi connectivity index (χ4n) is 1.84. The molecule has 0 heterocycles. The average molecular weight is 186 g/mol. The van der Waals surface area contributed by atoms with Gasteiger partial charge in [0, 0.05) is 6.54 Å². The maximum Gasteiger partial charge on any atom is 0.312 e. The largest absolute Gasteiger partial charge is 0.481 e. The van der Waals surface area contributed by atoms with Crippen molar-refractivity contribution < 1.29 is 14.7 Å². The maximum absolute atomic E-state index is 10.7. The summed E-state index contributed by atoms with van der Waals surface area (Å²) < 4.78 is 0. The number of amides is 2. The molecule has 1 fully saturated rings. The maximum atomic E-state index is 10.7. The fraction of sp³-hybridized carbons (Fsp3) is 0.750. The lowest BCUT2D eigenvalue weighted by Gasteiger charge is -2.14. The summed E-state index contributed by atoms with van der Waals surface area (Å²) >= 11 is 0. The first kappa shape index (κ1) is 9.83. The Hall–Kier alpha value is -1.26. The number of hydrogen-bond acceptors (Lipinski definition) is 2. The zero-order valence-electron chi connectivity index (χ0n) is 7.32. The molecule has 2 amide bonds. The van der Waals surface area contributed by atoms with Gasteiger partial charge in [0.25, 0.3) is 0 Å². The van der Waals surface area contributed by atoms with E-state index in [-0.39, 0.29) is 11.8 Å². The van der Waals surface area contributed by atoms with Gasteiger partial charge in [0.15, 0.2) is 0 Å². The van der Waals surface area contributed by atoms with Crippen molar-refractivity contribution in [2.45, 2.75) is 19.3 Å². The molecule has 0 aromatic carbocycles. The number of urea groups is 1. The first-order valence-corrected chi connectivity index (χ1v) is 4.37. The van der Waals surface area contributed by atoms with Crippen LogP contribution in [0.25, 0.3) is 0 Å². The van der Waals surface area contributed by atoms with Gasteiger partial charge in [0.2, 0.25) is 0 Å². The van der Waals surface area contributed by atoms with Crippen molar-refractivity contribution in [1.29, 1.82) is 0 Å². The molecule has 1 aliphatic rings. The van der Waals surface area contributed by atoms with E-state index in [1.165, 1.54) is 0 Å². The van der Waals surface area contributed by atoms with Crippen LogP contribution in [0.15, 0.2) is 0 Å². The number of aliphatic carboxylic acids is 1. The number of carboxylic acid groups (broad SMARTS) is 1. The Morgan fingerprint density at radius 1 is 1.46 bits per heavy atom. The molecule has 0 unspecified atom stereocenters. The Balaban J connectivity index is 2.39. The molecule has 0 spiro atoms. The molecule has 4 N–H and O–H groups in total. The molecular weight excluding hydrogens is 172 g/mol. The van der Waals surface area contributed by atoms with Crippen molar-refractivity contribution in [2.75, 3.05) is 6.54 Å². The van der Waals surface area contributed by atoms with Crippen LogP contribution in [0.1, 0.15) is 19.3 Å². The number of primary amides is 1. The van der Waals surface area contributed by atoms with Crippen LogP contribution in [0.2, 0.25) is 0 Å². The van der Waals surface area contributed by atoms with Crippen molar-refractivity contribution in [3.63, 3.8) is 0 Å². The van der Waals surface area contributed by atoms with Crippen LogP contribution in [0, 0.1) is 11.8 Å². The van der Waals surface area contributed by atoms with Crippen LogP contribution < -0.4 is 11.1 Å². The lowest BCUT2D eigenvalue weighted by molar-refractivity contribution is -0.142. The number of carbonyl (C=O) groups is 2. The fourth-order valence-corrected chi connectivity index (χ4v) is 1.84. The molecule has 0 saturated heterocycles. The van der Waals surface area contributed by atoms with Crippen LogP contribution in [-0.4, -0.2) is 23.7 Å². The molecule has 5 nitrogen and oxygen atoms in total. The van der Waals surface area contributed by atoms with Crippen LogP contribution in [0.5, 0.6) is 0 Å². The first-order valence-electron chi connectivity index (χ1n) is 4.37. The molecule has 1 saturated carbocycles. The summed E-state index contributed by atoms with van der Waals surface area (Å²) in [5.74, 6) is -1.04. The quantitative estimate of drug-likeness (QED) is 0.586. The van der Waals surface area contributed by atoms with Gasteiger partial charge in [0.1, 0.15) is 0 Å². The van der Waals surface area contributed by atoms with E-state index in [0.717, 1.165) is 12.8 Å². The summed E-state index contributed by atoms with van der Waals surface area (Å²) in [6, 6.07) is -0.587. The second-order valence-electron chi connectivity index (χ2n) is 3.38. The molecule has 0 radical (unpaired) electrons. The number of nitrogens with one attached hydrogen (secondary N) is 1. The molecule has 74 valence electrons.